The van der Waals surface area contributed by atoms with E-state index >= 15 is 0 Å². The molecule has 0 saturated heterocycles. The Kier molecular flexibility index (Phi) is 5.82. The molecule has 0 radical (unpaired) electrons. The number of amides is 1. The molecule has 0 fully saturated rings. The number of rotatable bonds is 7. The quantitative estimate of drug-likeness (QED) is 0.701. The minimum absolute atomic E-state index is 0.0372. The molecule has 5 heteroatoms. The van der Waals surface area contributed by atoms with Crippen LogP contribution >= 0.6 is 0 Å². The molecule has 1 rings (SSSR count). The normalized spacial score (nSPS) is 10.9. The third-order valence-corrected chi connectivity index (χ3v) is 2.74. The summed E-state index contributed by atoms with van der Waals surface area (Å²) >= 11 is 0. The Balaban J connectivity index is 2.67. The molecule has 0 aromatic carbocycles. The predicted octanol–water partition coefficient (Wildman–Crippen LogP) is 2.95. The van der Waals surface area contributed by atoms with Gasteiger partial charge in [-0.3, -0.25) is 9.69 Å². The van der Waals surface area contributed by atoms with Crippen molar-refractivity contribution < 1.29 is 9.32 Å². The smallest absolute Gasteiger partial charge is 0.315 e. The Hall–Kier alpha value is -1.39. The lowest BCUT2D eigenvalue weighted by Gasteiger charge is -2.19. The number of unbranched alkanes of at least 4 members (excludes halogenated alkanes) is 3. The minimum Gasteiger partial charge on any atom is -0.315 e. The van der Waals surface area contributed by atoms with E-state index in [-0.39, 0.29) is 11.8 Å². The first-order valence-corrected chi connectivity index (χ1v) is 6.68. The first kappa shape index (κ1) is 14.7. The maximum atomic E-state index is 12.1. The summed E-state index contributed by atoms with van der Waals surface area (Å²) in [5, 5.41) is 3.74. The monoisotopic (exact) mass is 253 g/mol. The van der Waals surface area contributed by atoms with Crippen LogP contribution in [0.2, 0.25) is 0 Å². The van der Waals surface area contributed by atoms with Gasteiger partial charge in [-0.2, -0.15) is 4.98 Å². The summed E-state index contributed by atoms with van der Waals surface area (Å²) in [6, 6.07) is 0.322. The zero-order chi connectivity index (χ0) is 13.5. The predicted molar refractivity (Wildman–Crippen MR) is 70.4 cm³/mol. The van der Waals surface area contributed by atoms with Crippen molar-refractivity contribution in [1.82, 2.24) is 10.1 Å². The zero-order valence-electron chi connectivity index (χ0n) is 11.8. The van der Waals surface area contributed by atoms with Gasteiger partial charge in [-0.25, -0.2) is 0 Å². The Morgan fingerprint density at radius 1 is 1.33 bits per heavy atom. The molecule has 5 nitrogen and oxygen atoms in total. The number of aromatic nitrogens is 2. The van der Waals surface area contributed by atoms with Crippen molar-refractivity contribution in [1.29, 1.82) is 0 Å². The molecule has 1 heterocycles. The number of carbonyl (C=O) groups is 1. The second kappa shape index (κ2) is 7.13. The third-order valence-electron chi connectivity index (χ3n) is 2.74. The molecule has 0 saturated carbocycles. The van der Waals surface area contributed by atoms with Crippen LogP contribution in [0.25, 0.3) is 0 Å². The van der Waals surface area contributed by atoms with Crippen LogP contribution in [0.4, 0.5) is 6.01 Å². The van der Waals surface area contributed by atoms with Gasteiger partial charge in [-0.05, 0) is 13.3 Å². The van der Waals surface area contributed by atoms with Crippen LogP contribution in [0.15, 0.2) is 4.52 Å². The Morgan fingerprint density at radius 2 is 2.06 bits per heavy atom. The van der Waals surface area contributed by atoms with Crippen LogP contribution in [0.5, 0.6) is 0 Å². The Labute approximate surface area is 109 Å². The molecule has 0 aliphatic carbocycles. The minimum atomic E-state index is -0.0663. The molecule has 1 aromatic rings. The molecule has 1 amide bonds. The highest BCUT2D eigenvalue weighted by Gasteiger charge is 2.23. The van der Waals surface area contributed by atoms with Gasteiger partial charge < -0.3 is 4.52 Å². The largest absolute Gasteiger partial charge is 0.330 e. The molecule has 0 N–H and O–H groups in total. The van der Waals surface area contributed by atoms with Gasteiger partial charge in [0.05, 0.1) is 0 Å². The molecule has 0 unspecified atom stereocenters. The Bertz CT molecular complexity index is 374. The van der Waals surface area contributed by atoms with Crippen LogP contribution in [0, 0.1) is 12.8 Å². The fourth-order valence-electron chi connectivity index (χ4n) is 1.70. The number of hydrogen-bond acceptors (Lipinski definition) is 4. The van der Waals surface area contributed by atoms with Crippen molar-refractivity contribution in [3.05, 3.63) is 5.82 Å². The van der Waals surface area contributed by atoms with Crippen molar-refractivity contribution in [3.8, 4) is 0 Å². The summed E-state index contributed by atoms with van der Waals surface area (Å²) in [7, 11) is 0. The van der Waals surface area contributed by atoms with E-state index < -0.39 is 0 Å². The third kappa shape index (κ3) is 4.13. The number of anilines is 1. The molecule has 0 atom stereocenters. The van der Waals surface area contributed by atoms with E-state index in [1.165, 1.54) is 12.8 Å². The van der Waals surface area contributed by atoms with Gasteiger partial charge in [-0.1, -0.05) is 45.2 Å². The van der Waals surface area contributed by atoms with Gasteiger partial charge in [0.25, 0.3) is 0 Å². The van der Waals surface area contributed by atoms with Gasteiger partial charge in [0.1, 0.15) is 0 Å². The van der Waals surface area contributed by atoms with Crippen molar-refractivity contribution in [2.24, 2.45) is 5.92 Å². The molecule has 0 spiro atoms. The lowest BCUT2D eigenvalue weighted by molar-refractivity contribution is -0.121. The number of carbonyl (C=O) groups excluding carboxylic acids is 1. The van der Waals surface area contributed by atoms with Crippen molar-refractivity contribution in [3.63, 3.8) is 0 Å². The second-order valence-corrected chi connectivity index (χ2v) is 4.83. The van der Waals surface area contributed by atoms with Gasteiger partial charge in [-0.15, -0.1) is 0 Å². The highest BCUT2D eigenvalue weighted by atomic mass is 16.5. The van der Waals surface area contributed by atoms with Crippen molar-refractivity contribution >= 4 is 11.9 Å². The van der Waals surface area contributed by atoms with Gasteiger partial charge in [0, 0.05) is 12.5 Å². The molecule has 0 bridgehead atoms. The van der Waals surface area contributed by atoms with Crippen LogP contribution in [-0.4, -0.2) is 22.6 Å². The first-order valence-electron chi connectivity index (χ1n) is 6.68. The molecular formula is C13H23N3O2. The molecule has 0 aliphatic heterocycles. The molecule has 1 aromatic heterocycles. The maximum absolute atomic E-state index is 12.1. The number of nitrogens with zero attached hydrogens (tertiary/aromatic N) is 3. The standard InChI is InChI=1S/C13H23N3O2/c1-5-6-7-8-9-16(12(17)10(2)3)13-14-11(4)15-18-13/h10H,5-9H2,1-4H3. The topological polar surface area (TPSA) is 59.2 Å². The van der Waals surface area contributed by atoms with Crippen LogP contribution in [0.1, 0.15) is 52.3 Å². The average Bonchev–Trinajstić information content (AvgIpc) is 2.75. The summed E-state index contributed by atoms with van der Waals surface area (Å²) in [6.07, 6.45) is 4.45. The molecule has 102 valence electrons. The fourth-order valence-corrected chi connectivity index (χ4v) is 1.70. The second-order valence-electron chi connectivity index (χ2n) is 4.83. The molecule has 18 heavy (non-hydrogen) atoms. The van der Waals surface area contributed by atoms with E-state index in [0.29, 0.717) is 18.4 Å². The lowest BCUT2D eigenvalue weighted by Crippen LogP contribution is -2.35. The fraction of sp³-hybridized carbons (Fsp3) is 0.769. The van der Waals surface area contributed by atoms with Gasteiger partial charge in [0.2, 0.25) is 5.91 Å². The van der Waals surface area contributed by atoms with E-state index in [0.717, 1.165) is 12.8 Å². The maximum Gasteiger partial charge on any atom is 0.330 e. The van der Waals surface area contributed by atoms with Crippen LogP contribution in [-0.2, 0) is 4.79 Å². The van der Waals surface area contributed by atoms with Crippen molar-refractivity contribution in [2.75, 3.05) is 11.4 Å². The molecule has 0 aliphatic rings. The summed E-state index contributed by atoms with van der Waals surface area (Å²) in [4.78, 5) is 17.9. The van der Waals surface area contributed by atoms with Crippen LogP contribution < -0.4 is 4.90 Å². The summed E-state index contributed by atoms with van der Waals surface area (Å²) in [5.41, 5.74) is 0. The van der Waals surface area contributed by atoms with Gasteiger partial charge in [0.15, 0.2) is 5.82 Å². The molecular weight excluding hydrogens is 230 g/mol. The average molecular weight is 253 g/mol. The summed E-state index contributed by atoms with van der Waals surface area (Å²) < 4.78 is 5.10. The summed E-state index contributed by atoms with van der Waals surface area (Å²) in [6.45, 7) is 8.33. The number of hydrogen-bond donors (Lipinski definition) is 0. The number of aryl methyl sites for hydroxylation is 1. The lowest BCUT2D eigenvalue weighted by atomic mass is 10.1. The zero-order valence-corrected chi connectivity index (χ0v) is 11.8. The Morgan fingerprint density at radius 3 is 2.56 bits per heavy atom. The van der Waals surface area contributed by atoms with E-state index in [4.69, 9.17) is 4.52 Å². The van der Waals surface area contributed by atoms with Crippen molar-refractivity contribution in [2.45, 2.75) is 53.4 Å². The SMILES string of the molecule is CCCCCCN(C(=O)C(C)C)c1nc(C)no1. The summed E-state index contributed by atoms with van der Waals surface area (Å²) in [5.74, 6) is 0.527. The highest BCUT2D eigenvalue weighted by molar-refractivity contribution is 5.92. The van der Waals surface area contributed by atoms with E-state index in [1.54, 1.807) is 11.8 Å². The van der Waals surface area contributed by atoms with Gasteiger partial charge >= 0.3 is 6.01 Å². The van der Waals surface area contributed by atoms with E-state index in [1.807, 2.05) is 13.8 Å². The first-order chi connectivity index (χ1) is 8.56. The highest BCUT2D eigenvalue weighted by Crippen LogP contribution is 2.15. The van der Waals surface area contributed by atoms with Crippen LogP contribution in [0.3, 0.4) is 0 Å². The van der Waals surface area contributed by atoms with E-state index in [9.17, 15) is 4.79 Å². The van der Waals surface area contributed by atoms with E-state index in [2.05, 4.69) is 17.1 Å².